The minimum absolute atomic E-state index is 0.0483. The molecule has 5 saturated carbocycles. The Labute approximate surface area is 316 Å². The van der Waals surface area contributed by atoms with Crippen LogP contribution in [-0.4, -0.2) is 115 Å². The summed E-state index contributed by atoms with van der Waals surface area (Å²) >= 11 is 0. The SMILES string of the molecule is CC(C)[C@@H]1CC[C@]2(C)CC[C@]3(C)[C@H](CCC4[C@@]5(C)CCC([C@@]6(O[C@@H]7O[C@H](CO)[C@@H](O)[C@H](O)[C@H]7O)O[C@H](CO)[C@@H](O)[C@H](O)[C@H]6O)C(C)(C)[C@@H]5CC[C@]43C)[C@@H]12. The Bertz CT molecular complexity index is 1340. The lowest BCUT2D eigenvalue weighted by Gasteiger charge is -2.74. The zero-order valence-electron chi connectivity index (χ0n) is 33.5. The molecule has 306 valence electrons. The van der Waals surface area contributed by atoms with E-state index in [9.17, 15) is 40.9 Å². The fourth-order valence-electron chi connectivity index (χ4n) is 15.5. The minimum Gasteiger partial charge on any atom is -0.394 e. The predicted octanol–water partition coefficient (Wildman–Crippen LogP) is 3.35. The van der Waals surface area contributed by atoms with Gasteiger partial charge in [-0.15, -0.1) is 0 Å². The summed E-state index contributed by atoms with van der Waals surface area (Å²) in [4.78, 5) is 0. The summed E-state index contributed by atoms with van der Waals surface area (Å²) in [6, 6.07) is 0. The molecule has 0 aromatic carbocycles. The maximum Gasteiger partial charge on any atom is 0.203 e. The van der Waals surface area contributed by atoms with Crippen LogP contribution in [0.3, 0.4) is 0 Å². The van der Waals surface area contributed by atoms with Crippen molar-refractivity contribution in [2.75, 3.05) is 13.2 Å². The molecule has 0 aromatic rings. The number of hydrogen-bond acceptors (Lipinski definition) is 11. The molecular formula is C42H72O11. The highest BCUT2D eigenvalue weighted by molar-refractivity contribution is 5.20. The number of aliphatic hydroxyl groups is 8. The molecule has 11 nitrogen and oxygen atoms in total. The third-order valence-corrected chi connectivity index (χ3v) is 18.4. The third kappa shape index (κ3) is 5.59. The van der Waals surface area contributed by atoms with Crippen LogP contribution in [0.5, 0.6) is 0 Å². The lowest BCUT2D eigenvalue weighted by molar-refractivity contribution is -0.448. The average molecular weight is 753 g/mol. The minimum atomic E-state index is -2.09. The van der Waals surface area contributed by atoms with Crippen molar-refractivity contribution in [1.82, 2.24) is 0 Å². The lowest BCUT2D eigenvalue weighted by Crippen LogP contribution is -2.74. The Balaban J connectivity index is 1.24. The molecule has 2 saturated heterocycles. The van der Waals surface area contributed by atoms with Crippen LogP contribution in [0, 0.1) is 68.5 Å². The normalized spacial score (nSPS) is 58.0. The molecule has 7 fully saturated rings. The van der Waals surface area contributed by atoms with E-state index in [0.717, 1.165) is 31.1 Å². The molecule has 0 spiro atoms. The molecular weight excluding hydrogens is 680 g/mol. The molecule has 8 N–H and O–H groups in total. The number of hydrogen-bond donors (Lipinski definition) is 8. The van der Waals surface area contributed by atoms with Gasteiger partial charge in [0.25, 0.3) is 0 Å². The van der Waals surface area contributed by atoms with Crippen molar-refractivity contribution in [2.24, 2.45) is 68.5 Å². The quantitative estimate of drug-likeness (QED) is 0.199. The number of fused-ring (bicyclic) bond motifs is 7. The highest BCUT2D eigenvalue weighted by atomic mass is 16.8. The van der Waals surface area contributed by atoms with Gasteiger partial charge >= 0.3 is 0 Å². The van der Waals surface area contributed by atoms with Gasteiger partial charge in [0, 0.05) is 5.92 Å². The first kappa shape index (κ1) is 40.7. The standard InChI is InChI=1S/C42H72O11/c1-21(2)22-11-14-38(5)17-18-40(7)23(29(22)38)9-10-28-39(6)15-12-27(37(3,4)26(39)13-16-41(28,40)8)42(35(50)33(48)31(46)25(20-44)52-42)53-36-34(49)32(47)30(45)24(19-43)51-36/h21-36,43-50H,9-20H2,1-8H3/t22-,23+,24+,25+,26-,27?,28?,29+,30+,31+,32-,33-,34+,35+,36-,38+,39-,40+,41+,42-/m0/s1. The molecule has 7 rings (SSSR count). The molecule has 11 heteroatoms. The average Bonchev–Trinajstić information content (AvgIpc) is 3.46. The maximum atomic E-state index is 12.0. The zero-order valence-corrected chi connectivity index (χ0v) is 33.5. The smallest absolute Gasteiger partial charge is 0.203 e. The maximum absolute atomic E-state index is 12.0. The van der Waals surface area contributed by atoms with Crippen molar-refractivity contribution < 1.29 is 55.1 Å². The molecule has 0 radical (unpaired) electrons. The highest BCUT2D eigenvalue weighted by Gasteiger charge is 2.73. The van der Waals surface area contributed by atoms with Crippen molar-refractivity contribution in [3.05, 3.63) is 0 Å². The van der Waals surface area contributed by atoms with E-state index in [2.05, 4.69) is 55.4 Å². The molecule has 2 aliphatic heterocycles. The zero-order chi connectivity index (χ0) is 38.8. The van der Waals surface area contributed by atoms with E-state index in [0.29, 0.717) is 29.6 Å². The fraction of sp³-hybridized carbons (Fsp3) is 1.00. The molecule has 0 amide bonds. The first-order chi connectivity index (χ1) is 24.7. The van der Waals surface area contributed by atoms with E-state index in [1.165, 1.54) is 38.5 Å². The van der Waals surface area contributed by atoms with Crippen molar-refractivity contribution in [1.29, 1.82) is 0 Å². The van der Waals surface area contributed by atoms with Crippen LogP contribution in [-0.2, 0) is 14.2 Å². The van der Waals surface area contributed by atoms with Crippen LogP contribution in [0.4, 0.5) is 0 Å². The van der Waals surface area contributed by atoms with Gasteiger partial charge in [-0.25, -0.2) is 0 Å². The summed E-state index contributed by atoms with van der Waals surface area (Å²) in [7, 11) is 0. The monoisotopic (exact) mass is 753 g/mol. The van der Waals surface area contributed by atoms with E-state index in [1.54, 1.807) is 0 Å². The second-order valence-corrected chi connectivity index (χ2v) is 21.0. The van der Waals surface area contributed by atoms with Crippen LogP contribution >= 0.6 is 0 Å². The Kier molecular flexibility index (Phi) is 10.4. The van der Waals surface area contributed by atoms with Crippen molar-refractivity contribution in [3.63, 3.8) is 0 Å². The van der Waals surface area contributed by atoms with Gasteiger partial charge in [-0.05, 0) is 127 Å². The van der Waals surface area contributed by atoms with E-state index in [-0.39, 0.29) is 22.2 Å². The number of ether oxygens (including phenoxy) is 3. The first-order valence-corrected chi connectivity index (χ1v) is 21.0. The number of aliphatic hydroxyl groups excluding tert-OH is 8. The van der Waals surface area contributed by atoms with Gasteiger partial charge in [-0.2, -0.15) is 0 Å². The van der Waals surface area contributed by atoms with Crippen LogP contribution in [0.1, 0.15) is 120 Å². The summed E-state index contributed by atoms with van der Waals surface area (Å²) in [6.45, 7) is 18.2. The van der Waals surface area contributed by atoms with Gasteiger partial charge in [0.15, 0.2) is 6.29 Å². The van der Waals surface area contributed by atoms with Crippen LogP contribution in [0.2, 0.25) is 0 Å². The summed E-state index contributed by atoms with van der Waals surface area (Å²) in [6.07, 6.45) is -3.50. The van der Waals surface area contributed by atoms with E-state index < -0.39 is 85.5 Å². The van der Waals surface area contributed by atoms with Gasteiger partial charge < -0.3 is 55.1 Å². The molecule has 5 aliphatic carbocycles. The van der Waals surface area contributed by atoms with E-state index in [4.69, 9.17) is 14.2 Å². The first-order valence-electron chi connectivity index (χ1n) is 21.0. The third-order valence-electron chi connectivity index (χ3n) is 18.4. The van der Waals surface area contributed by atoms with Gasteiger partial charge in [-0.3, -0.25) is 0 Å². The van der Waals surface area contributed by atoms with Gasteiger partial charge in [0.2, 0.25) is 5.79 Å². The summed E-state index contributed by atoms with van der Waals surface area (Å²) < 4.78 is 18.8. The van der Waals surface area contributed by atoms with Crippen LogP contribution in [0.25, 0.3) is 0 Å². The highest BCUT2D eigenvalue weighted by Crippen LogP contribution is 2.78. The molecule has 7 aliphatic rings. The molecule has 2 unspecified atom stereocenters. The lowest BCUT2D eigenvalue weighted by atomic mass is 9.31. The second kappa shape index (κ2) is 13.6. The Morgan fingerprint density at radius 2 is 1.26 bits per heavy atom. The van der Waals surface area contributed by atoms with Gasteiger partial charge in [0.1, 0.15) is 48.8 Å². The predicted molar refractivity (Wildman–Crippen MR) is 196 cm³/mol. The van der Waals surface area contributed by atoms with Crippen molar-refractivity contribution in [3.8, 4) is 0 Å². The summed E-state index contributed by atoms with van der Waals surface area (Å²) in [5.74, 6) is 0.909. The molecule has 53 heavy (non-hydrogen) atoms. The van der Waals surface area contributed by atoms with Gasteiger partial charge in [-0.1, -0.05) is 55.4 Å². The topological polar surface area (TPSA) is 190 Å². The Morgan fingerprint density at radius 1 is 0.623 bits per heavy atom. The molecule has 0 bridgehead atoms. The fourth-order valence-corrected chi connectivity index (χ4v) is 15.5. The molecule has 0 aromatic heterocycles. The van der Waals surface area contributed by atoms with E-state index in [1.807, 2.05) is 0 Å². The molecule has 20 atom stereocenters. The summed E-state index contributed by atoms with van der Waals surface area (Å²) in [5.41, 5.74) is 0.195. The summed E-state index contributed by atoms with van der Waals surface area (Å²) in [5, 5.41) is 86.7. The Morgan fingerprint density at radius 3 is 1.91 bits per heavy atom. The van der Waals surface area contributed by atoms with Crippen molar-refractivity contribution in [2.45, 2.75) is 181 Å². The van der Waals surface area contributed by atoms with E-state index >= 15 is 0 Å². The van der Waals surface area contributed by atoms with Crippen LogP contribution in [0.15, 0.2) is 0 Å². The second-order valence-electron chi connectivity index (χ2n) is 21.0. The van der Waals surface area contributed by atoms with Crippen LogP contribution < -0.4 is 0 Å². The largest absolute Gasteiger partial charge is 0.394 e. The number of rotatable bonds is 6. The Hall–Kier alpha value is -0.440. The van der Waals surface area contributed by atoms with Gasteiger partial charge in [0.05, 0.1) is 13.2 Å². The molecule has 2 heterocycles. The van der Waals surface area contributed by atoms with Crippen molar-refractivity contribution >= 4 is 0 Å².